The van der Waals surface area contributed by atoms with E-state index in [1.807, 2.05) is 66.7 Å². The molecule has 0 radical (unpaired) electrons. The molecule has 0 aromatic heterocycles. The average molecular weight is 319 g/mol. The minimum absolute atomic E-state index is 0.0831. The Morgan fingerprint density at radius 1 is 1.04 bits per heavy atom. The van der Waals surface area contributed by atoms with Crippen LogP contribution in [-0.2, 0) is 4.79 Å². The van der Waals surface area contributed by atoms with Crippen molar-refractivity contribution in [3.63, 3.8) is 0 Å². The molecule has 1 heterocycles. The van der Waals surface area contributed by atoms with E-state index in [9.17, 15) is 4.79 Å². The number of hydrogen-bond acceptors (Lipinski definition) is 2. The van der Waals surface area contributed by atoms with Crippen molar-refractivity contribution in [3.05, 3.63) is 71.9 Å². The van der Waals surface area contributed by atoms with Gasteiger partial charge in [-0.2, -0.15) is 0 Å². The largest absolute Gasteiger partial charge is 0.321 e. The summed E-state index contributed by atoms with van der Waals surface area (Å²) in [4.78, 5) is 19.1. The molecule has 4 nitrogen and oxygen atoms in total. The van der Waals surface area contributed by atoms with E-state index in [4.69, 9.17) is 0 Å². The van der Waals surface area contributed by atoms with Crippen LogP contribution in [0.2, 0.25) is 0 Å². The summed E-state index contributed by atoms with van der Waals surface area (Å²) >= 11 is 0. The van der Waals surface area contributed by atoms with E-state index in [0.29, 0.717) is 18.2 Å². The number of anilines is 1. The third-order valence-corrected chi connectivity index (χ3v) is 3.79. The van der Waals surface area contributed by atoms with E-state index in [1.54, 1.807) is 4.90 Å². The molecule has 0 atom stereocenters. The van der Waals surface area contributed by atoms with Crippen molar-refractivity contribution in [3.8, 4) is 0 Å². The van der Waals surface area contributed by atoms with Gasteiger partial charge in [0.25, 0.3) is 5.91 Å². The van der Waals surface area contributed by atoms with Crippen LogP contribution < -0.4 is 10.2 Å². The van der Waals surface area contributed by atoms with Gasteiger partial charge in [0.05, 0.1) is 5.69 Å². The monoisotopic (exact) mass is 319 g/mol. The molecule has 1 aliphatic rings. The maximum atomic E-state index is 12.9. The number of amides is 1. The molecule has 0 bridgehead atoms. The van der Waals surface area contributed by atoms with E-state index in [1.165, 1.54) is 0 Å². The van der Waals surface area contributed by atoms with Crippen LogP contribution >= 0.6 is 0 Å². The summed E-state index contributed by atoms with van der Waals surface area (Å²) in [6.45, 7) is 2.83. The molecule has 122 valence electrons. The number of hydrogen-bond donors (Lipinski definition) is 1. The van der Waals surface area contributed by atoms with Gasteiger partial charge in [-0.15, -0.1) is 0 Å². The fraction of sp³-hybridized carbons (Fsp3) is 0.200. The fourth-order valence-corrected chi connectivity index (χ4v) is 2.53. The molecule has 24 heavy (non-hydrogen) atoms. The first kappa shape index (κ1) is 16.0. The Balaban J connectivity index is 1.94. The third kappa shape index (κ3) is 3.54. The van der Waals surface area contributed by atoms with Crippen LogP contribution in [0.1, 0.15) is 25.3 Å². The van der Waals surface area contributed by atoms with E-state index < -0.39 is 0 Å². The zero-order valence-corrected chi connectivity index (χ0v) is 13.8. The average Bonchev–Trinajstić information content (AvgIpc) is 2.92. The van der Waals surface area contributed by atoms with Crippen LogP contribution in [0.5, 0.6) is 0 Å². The van der Waals surface area contributed by atoms with Crippen LogP contribution in [0.3, 0.4) is 0 Å². The highest BCUT2D eigenvalue weighted by molar-refractivity contribution is 6.29. The second kappa shape index (κ2) is 7.59. The number of para-hydroxylation sites is 1. The SMILES string of the molecule is CCCCN=C1N/C(=C/c2ccccc2)C(=O)N1c1ccccc1. The second-order valence-corrected chi connectivity index (χ2v) is 5.63. The number of carbonyl (C=O) groups excluding carboxylic acids is 1. The summed E-state index contributed by atoms with van der Waals surface area (Å²) in [7, 11) is 0. The smallest absolute Gasteiger partial charge is 0.281 e. The first-order chi connectivity index (χ1) is 11.8. The van der Waals surface area contributed by atoms with Crippen LogP contribution in [0.4, 0.5) is 5.69 Å². The predicted octanol–water partition coefficient (Wildman–Crippen LogP) is 3.82. The van der Waals surface area contributed by atoms with Crippen molar-refractivity contribution in [2.75, 3.05) is 11.4 Å². The first-order valence-corrected chi connectivity index (χ1v) is 8.27. The molecule has 0 unspecified atom stereocenters. The van der Waals surface area contributed by atoms with Crippen LogP contribution in [-0.4, -0.2) is 18.4 Å². The lowest BCUT2D eigenvalue weighted by molar-refractivity contribution is -0.113. The number of nitrogens with one attached hydrogen (secondary N) is 1. The van der Waals surface area contributed by atoms with Gasteiger partial charge >= 0.3 is 0 Å². The molecule has 2 aromatic carbocycles. The van der Waals surface area contributed by atoms with Gasteiger partial charge in [0.15, 0.2) is 0 Å². The van der Waals surface area contributed by atoms with Gasteiger partial charge in [-0.05, 0) is 30.2 Å². The molecule has 0 spiro atoms. The highest BCUT2D eigenvalue weighted by Gasteiger charge is 2.32. The highest BCUT2D eigenvalue weighted by Crippen LogP contribution is 2.22. The van der Waals surface area contributed by atoms with Gasteiger partial charge in [0.2, 0.25) is 5.96 Å². The summed E-state index contributed by atoms with van der Waals surface area (Å²) in [5.74, 6) is 0.516. The van der Waals surface area contributed by atoms with Crippen LogP contribution in [0.15, 0.2) is 71.4 Å². The Hall–Kier alpha value is -2.88. The number of nitrogens with zero attached hydrogens (tertiary/aromatic N) is 2. The molecule has 1 fully saturated rings. The number of benzene rings is 2. The van der Waals surface area contributed by atoms with Gasteiger partial charge in [-0.3, -0.25) is 9.79 Å². The fourth-order valence-electron chi connectivity index (χ4n) is 2.53. The third-order valence-electron chi connectivity index (χ3n) is 3.79. The highest BCUT2D eigenvalue weighted by atomic mass is 16.2. The maximum absolute atomic E-state index is 12.9. The lowest BCUT2D eigenvalue weighted by Crippen LogP contribution is -2.32. The normalized spacial score (nSPS) is 17.5. The minimum atomic E-state index is -0.0831. The molecule has 0 aliphatic carbocycles. The molecule has 3 rings (SSSR count). The van der Waals surface area contributed by atoms with Gasteiger partial charge < -0.3 is 5.32 Å². The van der Waals surface area contributed by atoms with E-state index >= 15 is 0 Å². The van der Waals surface area contributed by atoms with Crippen molar-refractivity contribution in [2.45, 2.75) is 19.8 Å². The number of aliphatic imine (C=N–C) groups is 1. The maximum Gasteiger partial charge on any atom is 0.281 e. The molecular formula is C20H21N3O. The molecule has 1 N–H and O–H groups in total. The Kier molecular flexibility index (Phi) is 5.06. The Morgan fingerprint density at radius 2 is 1.71 bits per heavy atom. The molecule has 4 heteroatoms. The number of unbranched alkanes of at least 4 members (excludes halogenated alkanes) is 1. The van der Waals surface area contributed by atoms with Crippen molar-refractivity contribution < 1.29 is 4.79 Å². The molecule has 1 saturated heterocycles. The standard InChI is InChI=1S/C20H21N3O/c1-2-3-14-21-20-22-18(15-16-10-6-4-7-11-16)19(24)23(20)17-12-8-5-9-13-17/h4-13,15H,2-3,14H2,1H3,(H,21,22)/b18-15+. The lowest BCUT2D eigenvalue weighted by atomic mass is 10.2. The van der Waals surface area contributed by atoms with E-state index in [0.717, 1.165) is 24.1 Å². The molecule has 1 amide bonds. The summed E-state index contributed by atoms with van der Waals surface area (Å²) in [6, 6.07) is 19.4. The predicted molar refractivity (Wildman–Crippen MR) is 98.7 cm³/mol. The Labute approximate surface area is 142 Å². The van der Waals surface area contributed by atoms with Crippen LogP contribution in [0.25, 0.3) is 6.08 Å². The number of guanidine groups is 1. The summed E-state index contributed by atoms with van der Waals surface area (Å²) in [5, 5.41) is 3.18. The number of rotatable bonds is 5. The topological polar surface area (TPSA) is 44.7 Å². The zero-order chi connectivity index (χ0) is 16.8. The Morgan fingerprint density at radius 3 is 2.38 bits per heavy atom. The first-order valence-electron chi connectivity index (χ1n) is 8.27. The second-order valence-electron chi connectivity index (χ2n) is 5.63. The summed E-state index contributed by atoms with van der Waals surface area (Å²) in [6.07, 6.45) is 3.93. The van der Waals surface area contributed by atoms with Crippen molar-refractivity contribution >= 4 is 23.6 Å². The lowest BCUT2D eigenvalue weighted by Gasteiger charge is -2.15. The minimum Gasteiger partial charge on any atom is -0.321 e. The zero-order valence-electron chi connectivity index (χ0n) is 13.8. The molecule has 0 saturated carbocycles. The van der Waals surface area contributed by atoms with Gasteiger partial charge in [0, 0.05) is 6.54 Å². The summed E-state index contributed by atoms with van der Waals surface area (Å²) < 4.78 is 0. The Bertz CT molecular complexity index is 751. The molecular weight excluding hydrogens is 298 g/mol. The molecule has 1 aliphatic heterocycles. The van der Waals surface area contributed by atoms with E-state index in [2.05, 4.69) is 17.2 Å². The van der Waals surface area contributed by atoms with Gasteiger partial charge in [0.1, 0.15) is 5.70 Å². The number of carbonyl (C=O) groups is 1. The molecule has 2 aromatic rings. The van der Waals surface area contributed by atoms with E-state index in [-0.39, 0.29) is 5.91 Å². The van der Waals surface area contributed by atoms with Crippen molar-refractivity contribution in [2.24, 2.45) is 4.99 Å². The van der Waals surface area contributed by atoms with Gasteiger partial charge in [-0.1, -0.05) is 61.9 Å². The van der Waals surface area contributed by atoms with Gasteiger partial charge in [-0.25, -0.2) is 4.90 Å². The van der Waals surface area contributed by atoms with Crippen molar-refractivity contribution in [1.29, 1.82) is 0 Å². The van der Waals surface area contributed by atoms with Crippen molar-refractivity contribution in [1.82, 2.24) is 5.32 Å². The van der Waals surface area contributed by atoms with Crippen LogP contribution in [0, 0.1) is 0 Å². The summed E-state index contributed by atoms with van der Waals surface area (Å²) in [5.41, 5.74) is 2.35. The quantitative estimate of drug-likeness (QED) is 0.672.